The van der Waals surface area contributed by atoms with Crippen molar-refractivity contribution in [2.45, 2.75) is 104 Å². The van der Waals surface area contributed by atoms with Crippen LogP contribution in [-0.2, 0) is 9.47 Å². The van der Waals surface area contributed by atoms with Gasteiger partial charge in [-0.25, -0.2) is 9.59 Å². The fourth-order valence-corrected chi connectivity index (χ4v) is 3.84. The molecule has 0 heterocycles. The maximum absolute atomic E-state index is 12.5. The lowest BCUT2D eigenvalue weighted by Gasteiger charge is -2.14. The molecule has 0 aliphatic carbocycles. The number of esters is 2. The van der Waals surface area contributed by atoms with Crippen LogP contribution < -0.4 is 0 Å². The summed E-state index contributed by atoms with van der Waals surface area (Å²) >= 11 is 0. The summed E-state index contributed by atoms with van der Waals surface area (Å²) in [4.78, 5) is 25.0. The van der Waals surface area contributed by atoms with Crippen molar-refractivity contribution in [3.63, 3.8) is 0 Å². The lowest BCUT2D eigenvalue weighted by molar-refractivity contribution is 0.0309. The summed E-state index contributed by atoms with van der Waals surface area (Å²) < 4.78 is 11.2. The maximum atomic E-state index is 12.5. The average molecular weight is 441 g/mol. The molecule has 32 heavy (non-hydrogen) atoms. The molecule has 4 nitrogen and oxygen atoms in total. The van der Waals surface area contributed by atoms with Crippen molar-refractivity contribution in [2.75, 3.05) is 0 Å². The van der Waals surface area contributed by atoms with Gasteiger partial charge in [-0.2, -0.15) is 0 Å². The van der Waals surface area contributed by atoms with E-state index in [9.17, 15) is 9.59 Å². The Morgan fingerprint density at radius 2 is 1.06 bits per heavy atom. The second-order valence-corrected chi connectivity index (χ2v) is 8.91. The predicted octanol–water partition coefficient (Wildman–Crippen LogP) is 7.87. The first-order valence-corrected chi connectivity index (χ1v) is 12.4. The zero-order valence-electron chi connectivity index (χ0n) is 20.3. The maximum Gasteiger partial charge on any atom is 0.338 e. The van der Waals surface area contributed by atoms with Crippen molar-refractivity contribution in [1.29, 1.82) is 0 Å². The molecule has 176 valence electrons. The largest absolute Gasteiger partial charge is 0.459 e. The van der Waals surface area contributed by atoms with Crippen molar-refractivity contribution in [3.05, 3.63) is 47.5 Å². The Bertz CT molecular complexity index is 786. The van der Waals surface area contributed by atoms with Crippen LogP contribution in [0.4, 0.5) is 0 Å². The standard InChI is InChI=1S/C28H40O4/c1-5-7-9-11-13-21(3)31-27(29)25-17-15-24-20-26(18-16-23(24)19-25)28(30)32-22(4)14-12-10-8-6-2/h15-22H,5-14H2,1-4H3/t21-,22-/m1/s1. The summed E-state index contributed by atoms with van der Waals surface area (Å²) in [6.45, 7) is 8.28. The van der Waals surface area contributed by atoms with Gasteiger partial charge in [-0.15, -0.1) is 0 Å². The first kappa shape index (κ1) is 25.9. The first-order chi connectivity index (χ1) is 15.4. The van der Waals surface area contributed by atoms with E-state index in [1.807, 2.05) is 38.1 Å². The Morgan fingerprint density at radius 1 is 0.656 bits per heavy atom. The highest BCUT2D eigenvalue weighted by molar-refractivity contribution is 5.99. The van der Waals surface area contributed by atoms with E-state index in [2.05, 4.69) is 13.8 Å². The second kappa shape index (κ2) is 13.9. The molecule has 4 heteroatoms. The number of unbranched alkanes of at least 4 members (excludes halogenated alkanes) is 6. The summed E-state index contributed by atoms with van der Waals surface area (Å²) in [5.41, 5.74) is 1.07. The van der Waals surface area contributed by atoms with Gasteiger partial charge in [-0.3, -0.25) is 0 Å². The van der Waals surface area contributed by atoms with Crippen LogP contribution in [0.3, 0.4) is 0 Å². The van der Waals surface area contributed by atoms with Crippen molar-refractivity contribution < 1.29 is 19.1 Å². The molecule has 2 aromatic carbocycles. The average Bonchev–Trinajstić information content (AvgIpc) is 2.78. The van der Waals surface area contributed by atoms with E-state index in [1.165, 1.54) is 38.5 Å². The van der Waals surface area contributed by atoms with Crippen LogP contribution in [0.2, 0.25) is 0 Å². The Balaban J connectivity index is 1.93. The molecule has 0 saturated heterocycles. The van der Waals surface area contributed by atoms with E-state index in [-0.39, 0.29) is 24.1 Å². The molecule has 0 amide bonds. The van der Waals surface area contributed by atoms with Gasteiger partial charge >= 0.3 is 11.9 Å². The van der Waals surface area contributed by atoms with Gasteiger partial charge in [0, 0.05) is 0 Å². The lowest BCUT2D eigenvalue weighted by atomic mass is 10.0. The highest BCUT2D eigenvalue weighted by Gasteiger charge is 2.15. The molecule has 0 spiro atoms. The molecular formula is C28H40O4. The smallest absolute Gasteiger partial charge is 0.338 e. The van der Waals surface area contributed by atoms with Crippen molar-refractivity contribution >= 4 is 22.7 Å². The van der Waals surface area contributed by atoms with Gasteiger partial charge in [0.2, 0.25) is 0 Å². The van der Waals surface area contributed by atoms with Crippen LogP contribution in [0.1, 0.15) is 113 Å². The third kappa shape index (κ3) is 8.64. The van der Waals surface area contributed by atoms with Gasteiger partial charge in [-0.1, -0.05) is 64.5 Å². The van der Waals surface area contributed by atoms with Crippen molar-refractivity contribution in [2.24, 2.45) is 0 Å². The fourth-order valence-electron chi connectivity index (χ4n) is 3.84. The number of ether oxygens (including phenoxy) is 2. The van der Waals surface area contributed by atoms with E-state index in [0.717, 1.165) is 36.5 Å². The Hall–Kier alpha value is -2.36. The lowest BCUT2D eigenvalue weighted by Crippen LogP contribution is -2.15. The van der Waals surface area contributed by atoms with Crippen LogP contribution in [-0.4, -0.2) is 24.1 Å². The van der Waals surface area contributed by atoms with Gasteiger partial charge in [-0.05, 0) is 74.6 Å². The molecule has 0 saturated carbocycles. The second-order valence-electron chi connectivity index (χ2n) is 8.91. The zero-order chi connectivity index (χ0) is 23.3. The molecule has 0 fully saturated rings. The minimum Gasteiger partial charge on any atom is -0.459 e. The molecule has 0 aliphatic heterocycles. The van der Waals surface area contributed by atoms with Gasteiger partial charge < -0.3 is 9.47 Å². The SMILES string of the molecule is CCCCCC[C@@H](C)OC(=O)c1ccc2cc(C(=O)O[C@H](C)CCCCCC)ccc2c1. The monoisotopic (exact) mass is 440 g/mol. The van der Waals surface area contributed by atoms with Gasteiger partial charge in [0.1, 0.15) is 0 Å². The summed E-state index contributed by atoms with van der Waals surface area (Å²) in [6, 6.07) is 10.9. The molecule has 2 rings (SSSR count). The topological polar surface area (TPSA) is 52.6 Å². The van der Waals surface area contributed by atoms with E-state index in [1.54, 1.807) is 12.1 Å². The van der Waals surface area contributed by atoms with Crippen molar-refractivity contribution in [1.82, 2.24) is 0 Å². The van der Waals surface area contributed by atoms with E-state index >= 15 is 0 Å². The zero-order valence-corrected chi connectivity index (χ0v) is 20.3. The van der Waals surface area contributed by atoms with Crippen LogP contribution in [0, 0.1) is 0 Å². The molecule has 0 aromatic heterocycles. The number of benzene rings is 2. The van der Waals surface area contributed by atoms with E-state index in [4.69, 9.17) is 9.47 Å². The quantitative estimate of drug-likeness (QED) is 0.221. The van der Waals surface area contributed by atoms with Gasteiger partial charge in [0.15, 0.2) is 0 Å². The number of hydrogen-bond donors (Lipinski definition) is 0. The third-order valence-corrected chi connectivity index (χ3v) is 5.86. The van der Waals surface area contributed by atoms with Crippen LogP contribution in [0.5, 0.6) is 0 Å². The molecule has 2 atom stereocenters. The summed E-state index contributed by atoms with van der Waals surface area (Å²) in [5, 5.41) is 1.80. The molecule has 2 aromatic rings. The van der Waals surface area contributed by atoms with Crippen LogP contribution in [0.25, 0.3) is 10.8 Å². The summed E-state index contributed by atoms with van der Waals surface area (Å²) in [7, 11) is 0. The van der Waals surface area contributed by atoms with Crippen LogP contribution >= 0.6 is 0 Å². The fraction of sp³-hybridized carbons (Fsp3) is 0.571. The molecule has 0 radical (unpaired) electrons. The van der Waals surface area contributed by atoms with Crippen LogP contribution in [0.15, 0.2) is 36.4 Å². The first-order valence-electron chi connectivity index (χ1n) is 12.4. The number of rotatable bonds is 14. The number of carbonyl (C=O) groups is 2. The van der Waals surface area contributed by atoms with E-state index in [0.29, 0.717) is 11.1 Å². The Labute approximate surface area is 193 Å². The van der Waals surface area contributed by atoms with Gasteiger partial charge in [0.25, 0.3) is 0 Å². The highest BCUT2D eigenvalue weighted by Crippen LogP contribution is 2.21. The minimum absolute atomic E-state index is 0.0869. The third-order valence-electron chi connectivity index (χ3n) is 5.86. The number of carbonyl (C=O) groups excluding carboxylic acids is 2. The molecular weight excluding hydrogens is 400 g/mol. The van der Waals surface area contributed by atoms with Crippen molar-refractivity contribution in [3.8, 4) is 0 Å². The minimum atomic E-state index is -0.296. The number of hydrogen-bond acceptors (Lipinski definition) is 4. The molecule has 0 unspecified atom stereocenters. The van der Waals surface area contributed by atoms with E-state index < -0.39 is 0 Å². The Morgan fingerprint density at radius 3 is 1.44 bits per heavy atom. The molecule has 0 N–H and O–H groups in total. The molecule has 0 bridgehead atoms. The summed E-state index contributed by atoms with van der Waals surface area (Å²) in [5.74, 6) is -0.592. The predicted molar refractivity (Wildman–Crippen MR) is 131 cm³/mol. The normalized spacial score (nSPS) is 13.0. The highest BCUT2D eigenvalue weighted by atomic mass is 16.5. The van der Waals surface area contributed by atoms with Gasteiger partial charge in [0.05, 0.1) is 23.3 Å². The molecule has 0 aliphatic rings. The Kier molecular flexibility index (Phi) is 11.3. The number of fused-ring (bicyclic) bond motifs is 1. The summed E-state index contributed by atoms with van der Waals surface area (Å²) in [6.07, 6.45) is 11.0.